The van der Waals surface area contributed by atoms with Crippen molar-refractivity contribution in [2.24, 2.45) is 5.92 Å². The summed E-state index contributed by atoms with van der Waals surface area (Å²) in [7, 11) is 0. The predicted octanol–water partition coefficient (Wildman–Crippen LogP) is 0.959. The van der Waals surface area contributed by atoms with Crippen molar-refractivity contribution >= 4 is 29.3 Å². The summed E-state index contributed by atoms with van der Waals surface area (Å²) < 4.78 is 25.3. The number of hydrogen-bond acceptors (Lipinski definition) is 8. The maximum atomic E-state index is 13.4. The Kier molecular flexibility index (Phi) is 8.97. The molecule has 3 aliphatic rings. The van der Waals surface area contributed by atoms with Gasteiger partial charge in [0.05, 0.1) is 17.5 Å². The van der Waals surface area contributed by atoms with Gasteiger partial charge in [0.1, 0.15) is 41.7 Å². The average Bonchev–Trinajstić information content (AvgIpc) is 3.12. The average molecular weight is 533 g/mol. The van der Waals surface area contributed by atoms with E-state index in [0.717, 1.165) is 18.4 Å². The van der Waals surface area contributed by atoms with E-state index in [0.29, 0.717) is 13.2 Å². The molecule has 0 aromatic heterocycles. The highest BCUT2D eigenvalue weighted by molar-refractivity contribution is 7.99. The molecule has 1 amide bonds. The third-order valence-electron chi connectivity index (χ3n) is 7.38. The van der Waals surface area contributed by atoms with Crippen LogP contribution in [-0.4, -0.2) is 94.1 Å². The van der Waals surface area contributed by atoms with Gasteiger partial charge in [0.25, 0.3) is 0 Å². The Morgan fingerprint density at radius 3 is 2.60 bits per heavy atom. The van der Waals surface area contributed by atoms with Crippen LogP contribution >= 0.6 is 23.4 Å². The molecule has 8 nitrogen and oxygen atoms in total. The number of carbonyl (C=O) groups excluding carboxylic acids is 1. The zero-order valence-electron chi connectivity index (χ0n) is 19.7. The van der Waals surface area contributed by atoms with E-state index in [1.54, 1.807) is 13.2 Å². The smallest absolute Gasteiger partial charge is 0.240 e. The van der Waals surface area contributed by atoms with Crippen molar-refractivity contribution in [3.05, 3.63) is 35.6 Å². The number of benzene rings is 1. The topological polar surface area (TPSA) is 120 Å². The molecule has 1 aromatic rings. The molecule has 1 aromatic carbocycles. The third-order valence-corrected chi connectivity index (χ3v) is 8.50. The summed E-state index contributed by atoms with van der Waals surface area (Å²) in [6.07, 6.45) is -2.13. The second-order valence-electron chi connectivity index (χ2n) is 9.64. The van der Waals surface area contributed by atoms with Crippen molar-refractivity contribution in [3.63, 3.8) is 0 Å². The van der Waals surface area contributed by atoms with Crippen molar-refractivity contribution in [2.45, 2.75) is 79.1 Å². The second kappa shape index (κ2) is 11.6. The van der Waals surface area contributed by atoms with E-state index in [2.05, 4.69) is 10.6 Å². The number of halogens is 2. The first kappa shape index (κ1) is 27.1. The SMILES string of the molecule is CSC1O[C@H]([C@H](NC(=O)[C@H]2NC[C@@H]3C[C@@H](c4ccc(F)cc4)CCO[C@H]32)[C@H](C)Cl)C(O)[C@@H](O)[C@H]1O. The van der Waals surface area contributed by atoms with Gasteiger partial charge in [-0.2, -0.15) is 0 Å². The van der Waals surface area contributed by atoms with Gasteiger partial charge in [0, 0.05) is 19.1 Å². The minimum absolute atomic E-state index is 0.101. The van der Waals surface area contributed by atoms with Crippen LogP contribution in [0.15, 0.2) is 24.3 Å². The largest absolute Gasteiger partial charge is 0.388 e. The van der Waals surface area contributed by atoms with Gasteiger partial charge in [-0.3, -0.25) is 4.79 Å². The summed E-state index contributed by atoms with van der Waals surface area (Å²) in [5.41, 5.74) is 0.294. The molecule has 35 heavy (non-hydrogen) atoms. The van der Waals surface area contributed by atoms with Gasteiger partial charge in [-0.15, -0.1) is 23.4 Å². The molecule has 11 atom stereocenters. The van der Waals surface area contributed by atoms with Gasteiger partial charge in [0.15, 0.2) is 0 Å². The second-order valence-corrected chi connectivity index (χ2v) is 11.3. The summed E-state index contributed by atoms with van der Waals surface area (Å²) in [5, 5.41) is 36.6. The van der Waals surface area contributed by atoms with Gasteiger partial charge in [-0.25, -0.2) is 4.39 Å². The van der Waals surface area contributed by atoms with Crippen LogP contribution in [0.2, 0.25) is 0 Å². The van der Waals surface area contributed by atoms with Crippen LogP contribution in [0.25, 0.3) is 0 Å². The summed E-state index contributed by atoms with van der Waals surface area (Å²) >= 11 is 7.60. The minimum atomic E-state index is -1.43. The van der Waals surface area contributed by atoms with Crippen LogP contribution < -0.4 is 10.6 Å². The number of aliphatic hydroxyl groups is 3. The number of nitrogens with one attached hydrogen (secondary N) is 2. The van der Waals surface area contributed by atoms with E-state index < -0.39 is 47.3 Å². The summed E-state index contributed by atoms with van der Waals surface area (Å²) in [6.45, 7) is 2.76. The molecule has 0 bridgehead atoms. The molecular weight excluding hydrogens is 499 g/mol. The molecule has 5 N–H and O–H groups in total. The van der Waals surface area contributed by atoms with Gasteiger partial charge < -0.3 is 35.4 Å². The fourth-order valence-electron chi connectivity index (χ4n) is 5.42. The lowest BCUT2D eigenvalue weighted by atomic mass is 9.85. The van der Waals surface area contributed by atoms with Crippen molar-refractivity contribution in [3.8, 4) is 0 Å². The lowest BCUT2D eigenvalue weighted by Crippen LogP contribution is -2.65. The number of hydrogen-bond donors (Lipinski definition) is 5. The maximum absolute atomic E-state index is 13.4. The van der Waals surface area contributed by atoms with Gasteiger partial charge >= 0.3 is 0 Å². The standard InChI is InChI=1S/C24H34ClFN2O6S/c1-11(25)16(22-19(30)18(29)20(31)24(34-22)35-2)28-23(32)17-21-14(10-27-17)9-13(7-8-33-21)12-3-5-15(26)6-4-12/h3-6,11,13-14,16-22,24,27,29-31H,7-10H2,1-2H3,(H,28,32)/t11-,13-,14-,16+,17-,18+,19?,20+,21+,22+,24?/m0/s1. The van der Waals surface area contributed by atoms with E-state index in [4.69, 9.17) is 21.1 Å². The van der Waals surface area contributed by atoms with Gasteiger partial charge in [-0.05, 0) is 49.6 Å². The first-order valence-electron chi connectivity index (χ1n) is 12.0. The van der Waals surface area contributed by atoms with E-state index >= 15 is 0 Å². The van der Waals surface area contributed by atoms with Crippen LogP contribution in [0.4, 0.5) is 4.39 Å². The molecular formula is C24H34ClFN2O6S. The number of amides is 1. The first-order chi connectivity index (χ1) is 16.7. The van der Waals surface area contributed by atoms with Crippen LogP contribution in [0.1, 0.15) is 31.2 Å². The summed E-state index contributed by atoms with van der Waals surface area (Å²) in [5.74, 6) is -0.277. The van der Waals surface area contributed by atoms with Crippen LogP contribution in [0, 0.1) is 11.7 Å². The zero-order chi connectivity index (χ0) is 25.3. The molecule has 11 heteroatoms. The number of thioether (sulfide) groups is 1. The number of carbonyl (C=O) groups is 1. The number of aliphatic hydroxyl groups excluding tert-OH is 3. The van der Waals surface area contributed by atoms with Crippen LogP contribution in [-0.2, 0) is 14.3 Å². The highest BCUT2D eigenvalue weighted by atomic mass is 35.5. The number of ether oxygens (including phenoxy) is 2. The van der Waals surface area contributed by atoms with Crippen molar-refractivity contribution in [1.29, 1.82) is 0 Å². The van der Waals surface area contributed by atoms with Gasteiger partial charge in [0.2, 0.25) is 5.91 Å². The van der Waals surface area contributed by atoms with E-state index in [1.165, 1.54) is 23.9 Å². The highest BCUT2D eigenvalue weighted by Crippen LogP contribution is 2.36. The minimum Gasteiger partial charge on any atom is -0.388 e. The predicted molar refractivity (Wildman–Crippen MR) is 131 cm³/mol. The van der Waals surface area contributed by atoms with Crippen LogP contribution in [0.3, 0.4) is 0 Å². The summed E-state index contributed by atoms with van der Waals surface area (Å²) in [4.78, 5) is 13.4. The molecule has 2 unspecified atom stereocenters. The molecule has 0 saturated carbocycles. The molecule has 3 aliphatic heterocycles. The molecule has 196 valence electrons. The normalized spacial score (nSPS) is 39.3. The Balaban J connectivity index is 1.44. The lowest BCUT2D eigenvalue weighted by Gasteiger charge is -2.44. The number of alkyl halides is 1. The zero-order valence-corrected chi connectivity index (χ0v) is 21.3. The molecule has 3 fully saturated rings. The van der Waals surface area contributed by atoms with Crippen LogP contribution in [0.5, 0.6) is 0 Å². The fraction of sp³-hybridized carbons (Fsp3) is 0.708. The van der Waals surface area contributed by atoms with E-state index in [1.807, 2.05) is 12.1 Å². The molecule has 3 heterocycles. The monoisotopic (exact) mass is 532 g/mol. The fourth-order valence-corrected chi connectivity index (χ4v) is 6.31. The van der Waals surface area contributed by atoms with Crippen molar-refractivity contribution in [2.75, 3.05) is 19.4 Å². The molecule has 0 spiro atoms. The lowest BCUT2D eigenvalue weighted by molar-refractivity contribution is -0.205. The quantitative estimate of drug-likeness (QED) is 0.344. The van der Waals surface area contributed by atoms with E-state index in [9.17, 15) is 24.5 Å². The molecule has 0 radical (unpaired) electrons. The maximum Gasteiger partial charge on any atom is 0.240 e. The molecule has 4 rings (SSSR count). The molecule has 3 saturated heterocycles. The highest BCUT2D eigenvalue weighted by Gasteiger charge is 2.49. The van der Waals surface area contributed by atoms with E-state index in [-0.39, 0.29) is 29.7 Å². The Morgan fingerprint density at radius 2 is 1.94 bits per heavy atom. The van der Waals surface area contributed by atoms with Crippen molar-refractivity contribution in [1.82, 2.24) is 10.6 Å². The third kappa shape index (κ3) is 5.80. The number of rotatable bonds is 6. The molecule has 0 aliphatic carbocycles. The Labute approximate surface area is 213 Å². The Hall–Kier alpha value is -0.980. The van der Waals surface area contributed by atoms with Crippen molar-refractivity contribution < 1.29 is 34.0 Å². The number of fused-ring (bicyclic) bond motifs is 1. The Morgan fingerprint density at radius 1 is 1.23 bits per heavy atom. The first-order valence-corrected chi connectivity index (χ1v) is 13.7. The van der Waals surface area contributed by atoms with Gasteiger partial charge in [-0.1, -0.05) is 12.1 Å². The Bertz CT molecular complexity index is 865. The summed E-state index contributed by atoms with van der Waals surface area (Å²) in [6, 6.07) is 5.12.